The Morgan fingerprint density at radius 1 is 1.42 bits per heavy atom. The summed E-state index contributed by atoms with van der Waals surface area (Å²) >= 11 is 0. The summed E-state index contributed by atoms with van der Waals surface area (Å²) in [6, 6.07) is 0.347. The second-order valence-corrected chi connectivity index (χ2v) is 7.80. The van der Waals surface area contributed by atoms with E-state index in [2.05, 4.69) is 33.0 Å². The highest BCUT2D eigenvalue weighted by Crippen LogP contribution is 2.62. The maximum atomic E-state index is 12.2. The van der Waals surface area contributed by atoms with Gasteiger partial charge in [-0.15, -0.1) is 0 Å². The first kappa shape index (κ1) is 14.8. The van der Waals surface area contributed by atoms with E-state index in [0.717, 1.165) is 12.3 Å². The normalized spacial score (nSPS) is 37.3. The molecule has 2 rings (SSSR count). The van der Waals surface area contributed by atoms with Gasteiger partial charge in [-0.05, 0) is 54.9 Å². The van der Waals surface area contributed by atoms with Gasteiger partial charge in [-0.3, -0.25) is 4.79 Å². The summed E-state index contributed by atoms with van der Waals surface area (Å²) in [5, 5.41) is 3.34. The standard InChI is InChI=1S/C16H30N2O/c1-11(10-17)5-6-13(19)18-14-15(2,3)12-7-8-16(14,4)9-12/h11-12,14H,5-10,17H2,1-4H3,(H,18,19). The minimum absolute atomic E-state index is 0.215. The van der Waals surface area contributed by atoms with Crippen LogP contribution in [0.3, 0.4) is 0 Å². The summed E-state index contributed by atoms with van der Waals surface area (Å²) < 4.78 is 0. The number of nitrogens with two attached hydrogens (primary N) is 1. The van der Waals surface area contributed by atoms with E-state index in [1.807, 2.05) is 0 Å². The number of carbonyl (C=O) groups excluding carboxylic acids is 1. The third-order valence-electron chi connectivity index (χ3n) is 5.84. The topological polar surface area (TPSA) is 55.1 Å². The molecular weight excluding hydrogens is 236 g/mol. The first-order chi connectivity index (χ1) is 8.79. The second kappa shape index (κ2) is 5.08. The summed E-state index contributed by atoms with van der Waals surface area (Å²) in [6.07, 6.45) is 5.40. The maximum Gasteiger partial charge on any atom is 0.220 e. The van der Waals surface area contributed by atoms with Gasteiger partial charge in [-0.1, -0.05) is 27.7 Å². The highest BCUT2D eigenvalue weighted by atomic mass is 16.1. The van der Waals surface area contributed by atoms with Crippen molar-refractivity contribution in [2.45, 2.75) is 65.8 Å². The highest BCUT2D eigenvalue weighted by Gasteiger charge is 2.59. The van der Waals surface area contributed by atoms with Crippen LogP contribution < -0.4 is 11.1 Å². The number of hydrogen-bond acceptors (Lipinski definition) is 2. The van der Waals surface area contributed by atoms with Crippen molar-refractivity contribution in [2.75, 3.05) is 6.54 Å². The summed E-state index contributed by atoms with van der Waals surface area (Å²) in [7, 11) is 0. The molecular formula is C16H30N2O. The van der Waals surface area contributed by atoms with E-state index in [1.165, 1.54) is 19.3 Å². The Morgan fingerprint density at radius 2 is 2.11 bits per heavy atom. The van der Waals surface area contributed by atoms with Crippen molar-refractivity contribution in [3.8, 4) is 0 Å². The molecule has 19 heavy (non-hydrogen) atoms. The third kappa shape index (κ3) is 2.67. The van der Waals surface area contributed by atoms with Gasteiger partial charge in [0, 0.05) is 12.5 Å². The molecule has 1 amide bonds. The molecule has 0 spiro atoms. The zero-order chi connectivity index (χ0) is 14.3. The predicted octanol–water partition coefficient (Wildman–Crippen LogP) is 2.69. The minimum atomic E-state index is 0.215. The number of amides is 1. The first-order valence-corrected chi connectivity index (χ1v) is 7.79. The largest absolute Gasteiger partial charge is 0.352 e. The Hall–Kier alpha value is -0.570. The molecule has 0 aromatic carbocycles. The van der Waals surface area contributed by atoms with Gasteiger partial charge in [0.15, 0.2) is 0 Å². The predicted molar refractivity (Wildman–Crippen MR) is 78.6 cm³/mol. The van der Waals surface area contributed by atoms with Crippen LogP contribution in [0, 0.1) is 22.7 Å². The molecule has 4 atom stereocenters. The van der Waals surface area contributed by atoms with Gasteiger partial charge in [0.25, 0.3) is 0 Å². The molecule has 0 aromatic heterocycles. The van der Waals surface area contributed by atoms with E-state index in [1.54, 1.807) is 0 Å². The molecule has 0 radical (unpaired) electrons. The fraction of sp³-hybridized carbons (Fsp3) is 0.938. The van der Waals surface area contributed by atoms with Crippen LogP contribution in [0.5, 0.6) is 0 Å². The molecule has 0 heterocycles. The number of rotatable bonds is 5. The molecule has 0 aliphatic heterocycles. The van der Waals surface area contributed by atoms with E-state index in [4.69, 9.17) is 5.73 Å². The Morgan fingerprint density at radius 3 is 2.63 bits per heavy atom. The van der Waals surface area contributed by atoms with Crippen LogP contribution in [-0.4, -0.2) is 18.5 Å². The Kier molecular flexibility index (Phi) is 3.97. The monoisotopic (exact) mass is 266 g/mol. The zero-order valence-corrected chi connectivity index (χ0v) is 13.0. The van der Waals surface area contributed by atoms with E-state index >= 15 is 0 Å². The molecule has 3 heteroatoms. The van der Waals surface area contributed by atoms with Crippen molar-refractivity contribution < 1.29 is 4.79 Å². The highest BCUT2D eigenvalue weighted by molar-refractivity contribution is 5.76. The Bertz CT molecular complexity index is 348. The molecule has 2 aliphatic rings. The van der Waals surface area contributed by atoms with Crippen molar-refractivity contribution in [2.24, 2.45) is 28.4 Å². The molecule has 2 fully saturated rings. The Labute approximate surface area is 117 Å². The SMILES string of the molecule is CC(CN)CCC(=O)NC1C2(C)CCC(C2)C1(C)C. The fourth-order valence-corrected chi connectivity index (χ4v) is 4.39. The van der Waals surface area contributed by atoms with E-state index in [0.29, 0.717) is 30.3 Å². The van der Waals surface area contributed by atoms with Crippen molar-refractivity contribution in [1.82, 2.24) is 5.32 Å². The van der Waals surface area contributed by atoms with E-state index < -0.39 is 0 Å². The maximum absolute atomic E-state index is 12.2. The van der Waals surface area contributed by atoms with Gasteiger partial charge in [0.1, 0.15) is 0 Å². The van der Waals surface area contributed by atoms with Crippen molar-refractivity contribution in [1.29, 1.82) is 0 Å². The van der Waals surface area contributed by atoms with Crippen LogP contribution in [0.25, 0.3) is 0 Å². The van der Waals surface area contributed by atoms with Crippen LogP contribution in [0.4, 0.5) is 0 Å². The third-order valence-corrected chi connectivity index (χ3v) is 5.84. The molecule has 0 aromatic rings. The van der Waals surface area contributed by atoms with Gasteiger partial charge in [-0.2, -0.15) is 0 Å². The zero-order valence-electron chi connectivity index (χ0n) is 13.0. The lowest BCUT2D eigenvalue weighted by atomic mass is 9.68. The van der Waals surface area contributed by atoms with Crippen LogP contribution in [0.1, 0.15) is 59.8 Å². The number of carbonyl (C=O) groups is 1. The van der Waals surface area contributed by atoms with Gasteiger partial charge >= 0.3 is 0 Å². The van der Waals surface area contributed by atoms with Gasteiger partial charge in [0.2, 0.25) is 5.91 Å². The van der Waals surface area contributed by atoms with Crippen molar-refractivity contribution in [3.63, 3.8) is 0 Å². The van der Waals surface area contributed by atoms with Crippen molar-refractivity contribution in [3.05, 3.63) is 0 Å². The average molecular weight is 266 g/mol. The van der Waals surface area contributed by atoms with E-state index in [-0.39, 0.29) is 11.3 Å². The van der Waals surface area contributed by atoms with Gasteiger partial charge in [0.05, 0.1) is 0 Å². The van der Waals surface area contributed by atoms with Crippen LogP contribution >= 0.6 is 0 Å². The lowest BCUT2D eigenvalue weighted by Gasteiger charge is -2.43. The van der Waals surface area contributed by atoms with Crippen LogP contribution in [0.2, 0.25) is 0 Å². The van der Waals surface area contributed by atoms with Crippen molar-refractivity contribution >= 4 is 5.91 Å². The van der Waals surface area contributed by atoms with Gasteiger partial charge < -0.3 is 11.1 Å². The molecule has 2 aliphatic carbocycles. The molecule has 2 bridgehead atoms. The molecule has 2 saturated carbocycles. The van der Waals surface area contributed by atoms with Crippen LogP contribution in [-0.2, 0) is 4.79 Å². The summed E-state index contributed by atoms with van der Waals surface area (Å²) in [6.45, 7) is 9.79. The number of nitrogens with one attached hydrogen (secondary N) is 1. The summed E-state index contributed by atoms with van der Waals surface area (Å²) in [5.41, 5.74) is 6.18. The smallest absolute Gasteiger partial charge is 0.220 e. The van der Waals surface area contributed by atoms with E-state index in [9.17, 15) is 4.79 Å². The molecule has 0 saturated heterocycles. The summed E-state index contributed by atoms with van der Waals surface area (Å²) in [4.78, 5) is 12.2. The fourth-order valence-electron chi connectivity index (χ4n) is 4.39. The Balaban J connectivity index is 1.93. The summed E-state index contributed by atoms with van der Waals surface area (Å²) in [5.74, 6) is 1.44. The molecule has 110 valence electrons. The average Bonchev–Trinajstić information content (AvgIpc) is 2.82. The first-order valence-electron chi connectivity index (χ1n) is 7.79. The van der Waals surface area contributed by atoms with Gasteiger partial charge in [-0.25, -0.2) is 0 Å². The lowest BCUT2D eigenvalue weighted by Crippen LogP contribution is -2.52. The second-order valence-electron chi connectivity index (χ2n) is 7.80. The molecule has 3 N–H and O–H groups in total. The number of fused-ring (bicyclic) bond motifs is 2. The quantitative estimate of drug-likeness (QED) is 0.804. The lowest BCUT2D eigenvalue weighted by molar-refractivity contribution is -0.124. The molecule has 4 unspecified atom stereocenters. The van der Waals surface area contributed by atoms with Crippen LogP contribution in [0.15, 0.2) is 0 Å². The minimum Gasteiger partial charge on any atom is -0.352 e. The number of hydrogen-bond donors (Lipinski definition) is 2. The molecule has 3 nitrogen and oxygen atoms in total.